The number of nitrogens with zero attached hydrogens (tertiary/aromatic N) is 1. The van der Waals surface area contributed by atoms with E-state index < -0.39 is 0 Å². The largest absolute Gasteiger partial charge is 0.493 e. The molecule has 0 radical (unpaired) electrons. The molecule has 4 nitrogen and oxygen atoms in total. The van der Waals surface area contributed by atoms with Crippen molar-refractivity contribution in [3.05, 3.63) is 58.1 Å². The fourth-order valence-electron chi connectivity index (χ4n) is 3.35. The molecule has 0 bridgehead atoms. The highest BCUT2D eigenvalue weighted by Crippen LogP contribution is 2.50. The van der Waals surface area contributed by atoms with E-state index >= 15 is 0 Å². The SMILES string of the molecule is CCN(Cc1ccc(OC)c(OC)c1)C(=O)C1(c2ccc(Br)cc2)CC1. The van der Waals surface area contributed by atoms with E-state index in [0.29, 0.717) is 24.6 Å². The lowest BCUT2D eigenvalue weighted by Crippen LogP contribution is -2.38. The summed E-state index contributed by atoms with van der Waals surface area (Å²) in [5.74, 6) is 1.58. The zero-order valence-corrected chi connectivity index (χ0v) is 17.0. The second-order valence-corrected chi connectivity index (χ2v) is 7.51. The molecule has 1 fully saturated rings. The Labute approximate surface area is 163 Å². The molecule has 0 aliphatic heterocycles. The van der Waals surface area contributed by atoms with Crippen LogP contribution in [0.2, 0.25) is 0 Å². The smallest absolute Gasteiger partial charge is 0.233 e. The number of carbonyl (C=O) groups is 1. The highest BCUT2D eigenvalue weighted by molar-refractivity contribution is 9.10. The Morgan fingerprint density at radius 1 is 1.08 bits per heavy atom. The van der Waals surface area contributed by atoms with E-state index in [1.807, 2.05) is 42.2 Å². The van der Waals surface area contributed by atoms with E-state index in [9.17, 15) is 4.79 Å². The van der Waals surface area contributed by atoms with Gasteiger partial charge in [0.1, 0.15) is 0 Å². The van der Waals surface area contributed by atoms with Crippen molar-refractivity contribution in [2.24, 2.45) is 0 Å². The molecule has 0 atom stereocenters. The molecule has 138 valence electrons. The highest BCUT2D eigenvalue weighted by atomic mass is 79.9. The molecule has 0 N–H and O–H groups in total. The fourth-order valence-corrected chi connectivity index (χ4v) is 3.61. The normalized spacial score (nSPS) is 14.6. The summed E-state index contributed by atoms with van der Waals surface area (Å²) in [6.45, 7) is 3.26. The van der Waals surface area contributed by atoms with Crippen molar-refractivity contribution in [1.29, 1.82) is 0 Å². The fraction of sp³-hybridized carbons (Fsp3) is 0.381. The van der Waals surface area contributed by atoms with E-state index in [-0.39, 0.29) is 11.3 Å². The lowest BCUT2D eigenvalue weighted by molar-refractivity contribution is -0.134. The van der Waals surface area contributed by atoms with Crippen LogP contribution >= 0.6 is 15.9 Å². The molecule has 1 aliphatic rings. The Hall–Kier alpha value is -2.01. The number of hydrogen-bond acceptors (Lipinski definition) is 3. The summed E-state index contributed by atoms with van der Waals surface area (Å²) in [5.41, 5.74) is 1.79. The maximum Gasteiger partial charge on any atom is 0.233 e. The first-order valence-electron chi connectivity index (χ1n) is 8.80. The number of likely N-dealkylation sites (N-methyl/N-ethyl adjacent to an activating group) is 1. The van der Waals surface area contributed by atoms with Gasteiger partial charge in [-0.2, -0.15) is 0 Å². The molecular weight excluding hydrogens is 394 g/mol. The summed E-state index contributed by atoms with van der Waals surface area (Å²) < 4.78 is 11.7. The van der Waals surface area contributed by atoms with Crippen molar-refractivity contribution >= 4 is 21.8 Å². The highest BCUT2D eigenvalue weighted by Gasteiger charge is 2.52. The average molecular weight is 418 g/mol. The van der Waals surface area contributed by atoms with Crippen LogP contribution in [0.5, 0.6) is 11.5 Å². The quantitative estimate of drug-likeness (QED) is 0.663. The predicted molar refractivity (Wildman–Crippen MR) is 106 cm³/mol. The first kappa shape index (κ1) is 18.8. The molecular formula is C21H24BrNO3. The van der Waals surface area contributed by atoms with Crippen LogP contribution in [0.25, 0.3) is 0 Å². The number of methoxy groups -OCH3 is 2. The molecule has 3 rings (SSSR count). The van der Waals surface area contributed by atoms with Crippen LogP contribution in [-0.2, 0) is 16.8 Å². The molecule has 2 aromatic rings. The number of hydrogen-bond donors (Lipinski definition) is 0. The minimum atomic E-state index is -0.354. The third-order valence-corrected chi connectivity index (χ3v) is 5.58. The van der Waals surface area contributed by atoms with Gasteiger partial charge >= 0.3 is 0 Å². The van der Waals surface area contributed by atoms with Gasteiger partial charge < -0.3 is 14.4 Å². The van der Waals surface area contributed by atoms with Crippen LogP contribution in [0.15, 0.2) is 46.9 Å². The van der Waals surface area contributed by atoms with Crippen molar-refractivity contribution in [3.8, 4) is 11.5 Å². The minimum Gasteiger partial charge on any atom is -0.493 e. The van der Waals surface area contributed by atoms with Crippen molar-refractivity contribution in [2.45, 2.75) is 31.7 Å². The molecule has 1 saturated carbocycles. The van der Waals surface area contributed by atoms with E-state index in [4.69, 9.17) is 9.47 Å². The van der Waals surface area contributed by atoms with Gasteiger partial charge in [-0.15, -0.1) is 0 Å². The van der Waals surface area contributed by atoms with E-state index in [0.717, 1.165) is 28.4 Å². The van der Waals surface area contributed by atoms with Crippen LogP contribution in [0, 0.1) is 0 Å². The molecule has 0 unspecified atom stereocenters. The molecule has 2 aromatic carbocycles. The van der Waals surface area contributed by atoms with E-state index in [1.165, 1.54) is 0 Å². The zero-order valence-electron chi connectivity index (χ0n) is 15.4. The van der Waals surface area contributed by atoms with Crippen LogP contribution in [-0.4, -0.2) is 31.6 Å². The van der Waals surface area contributed by atoms with Crippen molar-refractivity contribution < 1.29 is 14.3 Å². The summed E-state index contributed by atoms with van der Waals surface area (Å²) in [6.07, 6.45) is 1.83. The summed E-state index contributed by atoms with van der Waals surface area (Å²) in [6, 6.07) is 13.9. The Bertz CT molecular complexity index is 784. The topological polar surface area (TPSA) is 38.8 Å². The second-order valence-electron chi connectivity index (χ2n) is 6.60. The van der Waals surface area contributed by atoms with Gasteiger partial charge in [-0.1, -0.05) is 34.1 Å². The number of ether oxygens (including phenoxy) is 2. The molecule has 0 heterocycles. The number of benzene rings is 2. The van der Waals surface area contributed by atoms with Gasteiger partial charge in [0.2, 0.25) is 5.91 Å². The van der Waals surface area contributed by atoms with Crippen LogP contribution in [0.3, 0.4) is 0 Å². The number of halogens is 1. The molecule has 1 aliphatic carbocycles. The third-order valence-electron chi connectivity index (χ3n) is 5.05. The van der Waals surface area contributed by atoms with Gasteiger partial charge in [0, 0.05) is 17.6 Å². The van der Waals surface area contributed by atoms with Gasteiger partial charge in [0.25, 0.3) is 0 Å². The summed E-state index contributed by atoms with van der Waals surface area (Å²) in [7, 11) is 3.24. The Kier molecular flexibility index (Phi) is 5.56. The number of carbonyl (C=O) groups excluding carboxylic acids is 1. The number of rotatable bonds is 7. The summed E-state index contributed by atoms with van der Waals surface area (Å²) in [5, 5.41) is 0. The van der Waals surface area contributed by atoms with Crippen molar-refractivity contribution in [3.63, 3.8) is 0 Å². The van der Waals surface area contributed by atoms with Gasteiger partial charge in [0.15, 0.2) is 11.5 Å². The second kappa shape index (κ2) is 7.70. The van der Waals surface area contributed by atoms with E-state index in [2.05, 4.69) is 28.1 Å². The monoisotopic (exact) mass is 417 g/mol. The van der Waals surface area contributed by atoms with Crippen molar-refractivity contribution in [1.82, 2.24) is 4.90 Å². The lowest BCUT2D eigenvalue weighted by Gasteiger charge is -2.27. The van der Waals surface area contributed by atoms with Gasteiger partial charge in [-0.05, 0) is 55.2 Å². The third kappa shape index (κ3) is 3.58. The van der Waals surface area contributed by atoms with Crippen molar-refractivity contribution in [2.75, 3.05) is 20.8 Å². The van der Waals surface area contributed by atoms with Gasteiger partial charge in [-0.3, -0.25) is 4.79 Å². The Balaban J connectivity index is 1.80. The zero-order chi connectivity index (χ0) is 18.7. The number of amides is 1. The molecule has 0 spiro atoms. The average Bonchev–Trinajstić information content (AvgIpc) is 3.47. The van der Waals surface area contributed by atoms with Crippen LogP contribution in [0.4, 0.5) is 0 Å². The first-order valence-corrected chi connectivity index (χ1v) is 9.59. The molecule has 1 amide bonds. The minimum absolute atomic E-state index is 0.206. The predicted octanol–water partition coefficient (Wildman–Crippen LogP) is 4.55. The van der Waals surface area contributed by atoms with Gasteiger partial charge in [0.05, 0.1) is 19.6 Å². The maximum atomic E-state index is 13.3. The standard InChI is InChI=1S/C21H24BrNO3/c1-4-23(14-15-5-10-18(25-2)19(13-15)26-3)20(24)21(11-12-21)16-6-8-17(22)9-7-16/h5-10,13H,4,11-12,14H2,1-3H3. The molecule has 0 aromatic heterocycles. The first-order chi connectivity index (χ1) is 12.5. The molecule has 5 heteroatoms. The van der Waals surface area contributed by atoms with Crippen LogP contribution in [0.1, 0.15) is 30.9 Å². The Morgan fingerprint density at radius 2 is 1.73 bits per heavy atom. The summed E-state index contributed by atoms with van der Waals surface area (Å²) >= 11 is 3.46. The molecule has 0 saturated heterocycles. The Morgan fingerprint density at radius 3 is 2.27 bits per heavy atom. The van der Waals surface area contributed by atoms with Crippen LogP contribution < -0.4 is 9.47 Å². The van der Waals surface area contributed by atoms with E-state index in [1.54, 1.807) is 14.2 Å². The summed E-state index contributed by atoms with van der Waals surface area (Å²) in [4.78, 5) is 15.2. The lowest BCUT2D eigenvalue weighted by atomic mass is 9.94. The molecule has 26 heavy (non-hydrogen) atoms. The van der Waals surface area contributed by atoms with Gasteiger partial charge in [-0.25, -0.2) is 0 Å². The maximum absolute atomic E-state index is 13.3.